The second-order valence-corrected chi connectivity index (χ2v) is 10.5. The molecule has 198 valence electrons. The number of likely N-dealkylation sites (N-methyl/N-ethyl adjacent to an activating group) is 1. The number of carbonyl (C=O) groups excluding carboxylic acids is 2. The van der Waals surface area contributed by atoms with Gasteiger partial charge in [-0.2, -0.15) is 0 Å². The first-order valence-corrected chi connectivity index (χ1v) is 13.8. The third-order valence-corrected chi connectivity index (χ3v) is 8.12. The van der Waals surface area contributed by atoms with Crippen LogP contribution in [0.2, 0.25) is 0 Å². The summed E-state index contributed by atoms with van der Waals surface area (Å²) in [5, 5.41) is 15.0. The molecule has 3 N–H and O–H groups in total. The molecular weight excluding hydrogens is 462 g/mol. The molecule has 37 heavy (non-hydrogen) atoms. The molecule has 2 aliphatic rings. The van der Waals surface area contributed by atoms with Gasteiger partial charge in [-0.05, 0) is 75.3 Å². The summed E-state index contributed by atoms with van der Waals surface area (Å²) < 4.78 is 0. The van der Waals surface area contributed by atoms with Gasteiger partial charge in [0.05, 0.1) is 29.7 Å². The molecular formula is C30H41N5O2. The Morgan fingerprint density at radius 3 is 2.62 bits per heavy atom. The number of rotatable bonds is 10. The van der Waals surface area contributed by atoms with E-state index in [1.807, 2.05) is 13.1 Å². The third kappa shape index (κ3) is 6.09. The molecule has 2 heterocycles. The van der Waals surface area contributed by atoms with Gasteiger partial charge in [0.2, 0.25) is 5.91 Å². The summed E-state index contributed by atoms with van der Waals surface area (Å²) in [5.74, 6) is -0.755. The molecule has 2 aromatic rings. The molecule has 1 aliphatic heterocycles. The molecule has 0 spiro atoms. The maximum atomic E-state index is 13.8. The Balaban J connectivity index is 1.59. The van der Waals surface area contributed by atoms with Crippen molar-refractivity contribution in [1.29, 1.82) is 5.41 Å². The molecule has 1 aromatic carbocycles. The highest BCUT2D eigenvalue weighted by Crippen LogP contribution is 2.35. The van der Waals surface area contributed by atoms with Crippen LogP contribution in [0.3, 0.4) is 0 Å². The zero-order valence-corrected chi connectivity index (χ0v) is 22.4. The fourth-order valence-corrected chi connectivity index (χ4v) is 5.81. The van der Waals surface area contributed by atoms with Gasteiger partial charge in [-0.15, -0.1) is 0 Å². The molecule has 1 aliphatic carbocycles. The molecule has 1 fully saturated rings. The summed E-state index contributed by atoms with van der Waals surface area (Å²) in [5.41, 5.74) is 4.46. The maximum absolute atomic E-state index is 13.8. The summed E-state index contributed by atoms with van der Waals surface area (Å²) in [6.07, 6.45) is 11.5. The minimum absolute atomic E-state index is 0.0634. The minimum Gasteiger partial charge on any atom is -0.344 e. The first kappa shape index (κ1) is 27.0. The van der Waals surface area contributed by atoms with Crippen LogP contribution in [0.15, 0.2) is 42.7 Å². The number of carbonyl (C=O) groups is 2. The largest absolute Gasteiger partial charge is 0.344 e. The van der Waals surface area contributed by atoms with Crippen LogP contribution in [0.5, 0.6) is 0 Å². The number of aromatic nitrogens is 1. The first-order chi connectivity index (χ1) is 17.9. The van der Waals surface area contributed by atoms with Gasteiger partial charge in [0.15, 0.2) is 5.78 Å². The summed E-state index contributed by atoms with van der Waals surface area (Å²) in [6, 6.07) is 9.49. The highest BCUT2D eigenvalue weighted by atomic mass is 16.2. The van der Waals surface area contributed by atoms with E-state index in [1.54, 1.807) is 20.2 Å². The van der Waals surface area contributed by atoms with E-state index in [4.69, 9.17) is 5.41 Å². The van der Waals surface area contributed by atoms with E-state index in [0.717, 1.165) is 62.7 Å². The van der Waals surface area contributed by atoms with Crippen molar-refractivity contribution in [3.05, 3.63) is 53.9 Å². The average molecular weight is 504 g/mol. The molecule has 3 unspecified atom stereocenters. The number of pyridine rings is 1. The monoisotopic (exact) mass is 503 g/mol. The van der Waals surface area contributed by atoms with Crippen molar-refractivity contribution in [1.82, 2.24) is 15.6 Å². The van der Waals surface area contributed by atoms with E-state index in [2.05, 4.69) is 50.8 Å². The lowest BCUT2D eigenvalue weighted by molar-refractivity contribution is -0.127. The number of ketones is 1. The van der Waals surface area contributed by atoms with Gasteiger partial charge in [-0.3, -0.25) is 14.6 Å². The van der Waals surface area contributed by atoms with Crippen molar-refractivity contribution in [3.63, 3.8) is 0 Å². The fraction of sp³-hybridized carbons (Fsp3) is 0.533. The second-order valence-electron chi connectivity index (χ2n) is 10.5. The number of amides is 1. The Labute approximate surface area is 220 Å². The van der Waals surface area contributed by atoms with Crippen LogP contribution in [0, 0.1) is 11.3 Å². The summed E-state index contributed by atoms with van der Waals surface area (Å²) in [4.78, 5) is 33.4. The lowest BCUT2D eigenvalue weighted by Gasteiger charge is -2.32. The molecule has 4 rings (SSSR count). The van der Waals surface area contributed by atoms with Crippen LogP contribution >= 0.6 is 0 Å². The van der Waals surface area contributed by atoms with Gasteiger partial charge in [-0.1, -0.05) is 44.4 Å². The van der Waals surface area contributed by atoms with Gasteiger partial charge in [0.1, 0.15) is 0 Å². The quantitative estimate of drug-likeness (QED) is 0.400. The highest BCUT2D eigenvalue weighted by molar-refractivity contribution is 6.42. The molecule has 0 radical (unpaired) electrons. The summed E-state index contributed by atoms with van der Waals surface area (Å²) in [6.45, 7) is 4.70. The second kappa shape index (κ2) is 12.5. The Hall–Kier alpha value is -3.06. The smallest absolute Gasteiger partial charge is 0.237 e. The summed E-state index contributed by atoms with van der Waals surface area (Å²) >= 11 is 0. The van der Waals surface area contributed by atoms with Gasteiger partial charge >= 0.3 is 0 Å². The van der Waals surface area contributed by atoms with E-state index in [0.29, 0.717) is 6.42 Å². The van der Waals surface area contributed by atoms with Crippen LogP contribution in [0.25, 0.3) is 0 Å². The number of nitrogens with zero attached hydrogens (tertiary/aromatic N) is 2. The van der Waals surface area contributed by atoms with Crippen LogP contribution in [0.1, 0.15) is 75.8 Å². The maximum Gasteiger partial charge on any atom is 0.237 e. The Morgan fingerprint density at radius 2 is 1.89 bits per heavy atom. The average Bonchev–Trinajstić information content (AvgIpc) is 2.95. The normalized spacial score (nSPS) is 18.4. The predicted octanol–water partition coefficient (Wildman–Crippen LogP) is 4.92. The van der Waals surface area contributed by atoms with Crippen LogP contribution in [0.4, 0.5) is 11.4 Å². The lowest BCUT2D eigenvalue weighted by Crippen LogP contribution is -2.53. The Kier molecular flexibility index (Phi) is 9.09. The molecule has 1 aromatic heterocycles. The van der Waals surface area contributed by atoms with Gasteiger partial charge < -0.3 is 20.9 Å². The number of hydrogen-bond acceptors (Lipinski definition) is 6. The van der Waals surface area contributed by atoms with Crippen molar-refractivity contribution >= 4 is 28.8 Å². The minimum atomic E-state index is -0.657. The molecule has 1 saturated carbocycles. The number of anilines is 2. The zero-order chi connectivity index (χ0) is 26.4. The van der Waals surface area contributed by atoms with E-state index >= 15 is 0 Å². The van der Waals surface area contributed by atoms with E-state index in [1.165, 1.54) is 11.3 Å². The van der Waals surface area contributed by atoms with Crippen molar-refractivity contribution in [2.75, 3.05) is 18.5 Å². The van der Waals surface area contributed by atoms with Crippen molar-refractivity contribution in [3.8, 4) is 0 Å². The number of nitrogens with one attached hydrogen (secondary N) is 3. The van der Waals surface area contributed by atoms with E-state index in [9.17, 15) is 9.59 Å². The van der Waals surface area contributed by atoms with Gasteiger partial charge in [0, 0.05) is 24.3 Å². The number of fused-ring (bicyclic) bond motifs is 1. The van der Waals surface area contributed by atoms with Crippen molar-refractivity contribution < 1.29 is 9.59 Å². The van der Waals surface area contributed by atoms with E-state index < -0.39 is 12.1 Å². The molecule has 0 saturated heterocycles. The molecule has 0 bridgehead atoms. The molecule has 3 atom stereocenters. The first-order valence-electron chi connectivity index (χ1n) is 13.8. The third-order valence-electron chi connectivity index (χ3n) is 8.12. The van der Waals surface area contributed by atoms with Gasteiger partial charge in [-0.25, -0.2) is 0 Å². The van der Waals surface area contributed by atoms with Crippen LogP contribution < -0.4 is 15.5 Å². The number of benzene rings is 1. The molecule has 1 amide bonds. The number of hydrogen-bond donors (Lipinski definition) is 3. The van der Waals surface area contributed by atoms with Crippen molar-refractivity contribution in [2.24, 2.45) is 5.92 Å². The topological polar surface area (TPSA) is 98.2 Å². The van der Waals surface area contributed by atoms with Crippen LogP contribution in [-0.4, -0.2) is 48.1 Å². The Morgan fingerprint density at radius 1 is 1.14 bits per heavy atom. The standard InChI is InChI=1S/C30H41N5O2/c1-4-25(23-17-24(19-33-18-23)35-16-10-14-21-11-8-9-15-26(21)35)27(31)29(36)28(22-12-6-5-7-13-22)34-30(37)20(2)32-3/h8-9,11,15,17-20,22,25,28,31-32H,4-7,10,12-14,16H2,1-3H3,(H,34,37). The van der Waals surface area contributed by atoms with Gasteiger partial charge in [0.25, 0.3) is 0 Å². The fourth-order valence-electron chi connectivity index (χ4n) is 5.81. The zero-order valence-electron chi connectivity index (χ0n) is 22.4. The van der Waals surface area contributed by atoms with E-state index in [-0.39, 0.29) is 29.2 Å². The van der Waals surface area contributed by atoms with Crippen molar-refractivity contribution in [2.45, 2.75) is 83.2 Å². The molecule has 7 heteroatoms. The van der Waals surface area contributed by atoms with Crippen LogP contribution in [-0.2, 0) is 16.0 Å². The molecule has 7 nitrogen and oxygen atoms in total. The number of para-hydroxylation sites is 1. The summed E-state index contributed by atoms with van der Waals surface area (Å²) in [7, 11) is 1.73. The highest BCUT2D eigenvalue weighted by Gasteiger charge is 2.36. The SMILES string of the molecule is CCC(C(=N)C(=O)C(NC(=O)C(C)NC)C1CCCCC1)c1cncc(N2CCCc3ccccc32)c1. The number of aryl methyl sites for hydroxylation is 1. The number of Topliss-reactive ketones (excluding diaryl/α,β-unsaturated/α-hetero) is 1. The lowest BCUT2D eigenvalue weighted by atomic mass is 9.78. The Bertz CT molecular complexity index is 1110. The predicted molar refractivity (Wildman–Crippen MR) is 149 cm³/mol.